The first-order chi connectivity index (χ1) is 7.79. The molecular weight excluding hydrogens is 204 g/mol. The van der Waals surface area contributed by atoms with Gasteiger partial charge in [0.15, 0.2) is 0 Å². The Labute approximate surface area is 94.1 Å². The Morgan fingerprint density at radius 1 is 1.38 bits per heavy atom. The first-order valence-corrected chi connectivity index (χ1v) is 5.10. The quantitative estimate of drug-likeness (QED) is 0.852. The summed E-state index contributed by atoms with van der Waals surface area (Å²) in [5, 5.41) is 0. The van der Waals surface area contributed by atoms with E-state index in [0.29, 0.717) is 13.2 Å². The maximum Gasteiger partial charge on any atom is 0.138 e. The van der Waals surface area contributed by atoms with Gasteiger partial charge in [0.05, 0.1) is 19.0 Å². The van der Waals surface area contributed by atoms with Crippen molar-refractivity contribution in [3.63, 3.8) is 0 Å². The molecule has 0 bridgehead atoms. The zero-order chi connectivity index (χ0) is 11.4. The lowest BCUT2D eigenvalue weighted by Crippen LogP contribution is -2.02. The molecule has 0 saturated carbocycles. The Hall–Kier alpha value is -1.81. The monoisotopic (exact) mass is 218 g/mol. The lowest BCUT2D eigenvalue weighted by molar-refractivity contribution is 0.301. The fourth-order valence-electron chi connectivity index (χ4n) is 1.38. The highest BCUT2D eigenvalue weighted by Gasteiger charge is 2.05. The highest BCUT2D eigenvalue weighted by Crippen LogP contribution is 2.15. The molecule has 0 amide bonds. The second-order valence-electron chi connectivity index (χ2n) is 3.50. The van der Waals surface area contributed by atoms with Crippen LogP contribution in [0.5, 0.6) is 5.75 Å². The van der Waals surface area contributed by atoms with E-state index >= 15 is 0 Å². The van der Waals surface area contributed by atoms with Gasteiger partial charge >= 0.3 is 0 Å². The molecule has 4 nitrogen and oxygen atoms in total. The van der Waals surface area contributed by atoms with Crippen LogP contribution in [0, 0.1) is 6.92 Å². The first-order valence-electron chi connectivity index (χ1n) is 5.10. The molecule has 2 heterocycles. The van der Waals surface area contributed by atoms with Crippen LogP contribution in [0.25, 0.3) is 0 Å². The molecule has 0 atom stereocenters. The van der Waals surface area contributed by atoms with Gasteiger partial charge in [-0.25, -0.2) is 0 Å². The second-order valence-corrected chi connectivity index (χ2v) is 3.50. The van der Waals surface area contributed by atoms with Crippen molar-refractivity contribution in [1.82, 2.24) is 4.98 Å². The third kappa shape index (κ3) is 2.41. The minimum absolute atomic E-state index is 0.387. The standard InChI is InChI=1S/C12H14N2O2/c1-9-2-3-11(7-14-9)16-8-10-4-5-15-12(10)6-13/h2-5,7H,6,8,13H2,1H3. The van der Waals surface area contributed by atoms with Crippen molar-refractivity contribution in [3.8, 4) is 5.75 Å². The highest BCUT2D eigenvalue weighted by molar-refractivity contribution is 5.21. The number of ether oxygens (including phenoxy) is 1. The summed E-state index contributed by atoms with van der Waals surface area (Å²) in [6.45, 7) is 2.78. The molecule has 2 aromatic heterocycles. The molecule has 2 rings (SSSR count). The Kier molecular flexibility index (Phi) is 3.22. The van der Waals surface area contributed by atoms with Gasteiger partial charge in [0.2, 0.25) is 0 Å². The number of furan rings is 1. The average molecular weight is 218 g/mol. The van der Waals surface area contributed by atoms with Gasteiger partial charge in [0.1, 0.15) is 18.1 Å². The van der Waals surface area contributed by atoms with E-state index in [-0.39, 0.29) is 0 Å². The molecule has 84 valence electrons. The molecule has 0 aliphatic rings. The molecule has 0 aliphatic heterocycles. The van der Waals surface area contributed by atoms with Crippen LogP contribution in [0.1, 0.15) is 17.0 Å². The molecule has 0 spiro atoms. The Morgan fingerprint density at radius 3 is 2.94 bits per heavy atom. The number of nitrogens with zero attached hydrogens (tertiary/aromatic N) is 1. The topological polar surface area (TPSA) is 61.3 Å². The predicted octanol–water partition coefficient (Wildman–Crippen LogP) is 2.02. The zero-order valence-corrected chi connectivity index (χ0v) is 9.14. The molecule has 4 heteroatoms. The number of hydrogen-bond donors (Lipinski definition) is 1. The third-order valence-corrected chi connectivity index (χ3v) is 2.30. The summed E-state index contributed by atoms with van der Waals surface area (Å²) in [5.41, 5.74) is 7.47. The molecule has 0 unspecified atom stereocenters. The van der Waals surface area contributed by atoms with Crippen LogP contribution >= 0.6 is 0 Å². The summed E-state index contributed by atoms with van der Waals surface area (Å²) in [7, 11) is 0. The van der Waals surface area contributed by atoms with Crippen molar-refractivity contribution in [2.45, 2.75) is 20.1 Å². The average Bonchev–Trinajstić information content (AvgIpc) is 2.76. The molecule has 0 aliphatic carbocycles. The molecule has 0 radical (unpaired) electrons. The van der Waals surface area contributed by atoms with E-state index in [2.05, 4.69) is 4.98 Å². The van der Waals surface area contributed by atoms with Crippen molar-refractivity contribution in [2.75, 3.05) is 0 Å². The highest BCUT2D eigenvalue weighted by atomic mass is 16.5. The summed E-state index contributed by atoms with van der Waals surface area (Å²) in [4.78, 5) is 4.15. The molecule has 0 aromatic carbocycles. The van der Waals surface area contributed by atoms with Crippen molar-refractivity contribution in [2.24, 2.45) is 5.73 Å². The minimum atomic E-state index is 0.387. The maximum atomic E-state index is 5.57. The second kappa shape index (κ2) is 4.81. The van der Waals surface area contributed by atoms with Crippen molar-refractivity contribution in [1.29, 1.82) is 0 Å². The van der Waals surface area contributed by atoms with Gasteiger partial charge in [0, 0.05) is 11.3 Å². The fourth-order valence-corrected chi connectivity index (χ4v) is 1.38. The first kappa shape index (κ1) is 10.7. The largest absolute Gasteiger partial charge is 0.487 e. The van der Waals surface area contributed by atoms with Gasteiger partial charge in [-0.1, -0.05) is 0 Å². The van der Waals surface area contributed by atoms with Crippen molar-refractivity contribution in [3.05, 3.63) is 47.7 Å². The number of aromatic nitrogens is 1. The molecule has 16 heavy (non-hydrogen) atoms. The van der Waals surface area contributed by atoms with Crippen molar-refractivity contribution < 1.29 is 9.15 Å². The summed E-state index contributed by atoms with van der Waals surface area (Å²) >= 11 is 0. The third-order valence-electron chi connectivity index (χ3n) is 2.30. The summed E-state index contributed by atoms with van der Waals surface area (Å²) in [6.07, 6.45) is 3.33. The Balaban J connectivity index is 1.99. The van der Waals surface area contributed by atoms with E-state index in [9.17, 15) is 0 Å². The molecule has 0 fully saturated rings. The number of rotatable bonds is 4. The maximum absolute atomic E-state index is 5.57. The smallest absolute Gasteiger partial charge is 0.138 e. The SMILES string of the molecule is Cc1ccc(OCc2ccoc2CN)cn1. The molecule has 2 N–H and O–H groups in total. The van der Waals surface area contributed by atoms with Crippen LogP contribution in [-0.2, 0) is 13.2 Å². The van der Waals surface area contributed by atoms with E-state index in [0.717, 1.165) is 22.8 Å². The summed E-state index contributed by atoms with van der Waals surface area (Å²) < 4.78 is 10.8. The Morgan fingerprint density at radius 2 is 2.25 bits per heavy atom. The van der Waals surface area contributed by atoms with Crippen LogP contribution in [0.15, 0.2) is 35.1 Å². The van der Waals surface area contributed by atoms with Crippen LogP contribution in [0.4, 0.5) is 0 Å². The normalized spacial score (nSPS) is 10.4. The Bertz CT molecular complexity index is 448. The van der Waals surface area contributed by atoms with Gasteiger partial charge in [-0.05, 0) is 25.1 Å². The lowest BCUT2D eigenvalue weighted by atomic mass is 10.2. The van der Waals surface area contributed by atoms with E-state index in [1.807, 2.05) is 25.1 Å². The molecule has 2 aromatic rings. The van der Waals surface area contributed by atoms with Gasteiger partial charge in [-0.15, -0.1) is 0 Å². The van der Waals surface area contributed by atoms with Gasteiger partial charge in [0.25, 0.3) is 0 Å². The minimum Gasteiger partial charge on any atom is -0.487 e. The van der Waals surface area contributed by atoms with Gasteiger partial charge in [-0.2, -0.15) is 0 Å². The molecule has 0 saturated heterocycles. The zero-order valence-electron chi connectivity index (χ0n) is 9.14. The summed E-state index contributed by atoms with van der Waals surface area (Å²) in [6, 6.07) is 5.67. The van der Waals surface area contributed by atoms with Crippen LogP contribution in [-0.4, -0.2) is 4.98 Å². The van der Waals surface area contributed by atoms with E-state index in [4.69, 9.17) is 14.9 Å². The number of nitrogens with two attached hydrogens (primary N) is 1. The number of aryl methyl sites for hydroxylation is 1. The van der Waals surface area contributed by atoms with Crippen LogP contribution < -0.4 is 10.5 Å². The number of pyridine rings is 1. The van der Waals surface area contributed by atoms with Crippen molar-refractivity contribution >= 4 is 0 Å². The molecular formula is C12H14N2O2. The lowest BCUT2D eigenvalue weighted by Gasteiger charge is -2.05. The van der Waals surface area contributed by atoms with Crippen LogP contribution in [0.2, 0.25) is 0 Å². The fraction of sp³-hybridized carbons (Fsp3) is 0.250. The predicted molar refractivity (Wildman–Crippen MR) is 59.9 cm³/mol. The van der Waals surface area contributed by atoms with E-state index in [1.54, 1.807) is 12.5 Å². The van der Waals surface area contributed by atoms with Gasteiger partial charge in [-0.3, -0.25) is 4.98 Å². The van der Waals surface area contributed by atoms with Crippen LogP contribution in [0.3, 0.4) is 0 Å². The summed E-state index contributed by atoms with van der Waals surface area (Å²) in [5.74, 6) is 1.51. The van der Waals surface area contributed by atoms with E-state index < -0.39 is 0 Å². The number of hydrogen-bond acceptors (Lipinski definition) is 4. The van der Waals surface area contributed by atoms with E-state index in [1.165, 1.54) is 0 Å². The van der Waals surface area contributed by atoms with Gasteiger partial charge < -0.3 is 14.9 Å².